The van der Waals surface area contributed by atoms with Crippen LogP contribution < -0.4 is 0 Å². The minimum absolute atomic E-state index is 0.0249. The monoisotopic (exact) mass is 482 g/mol. The predicted molar refractivity (Wildman–Crippen MR) is 106 cm³/mol. The lowest BCUT2D eigenvalue weighted by Gasteiger charge is -2.59. The van der Waals surface area contributed by atoms with Gasteiger partial charge in [-0.1, -0.05) is 50.8 Å². The van der Waals surface area contributed by atoms with Gasteiger partial charge < -0.3 is 0 Å². The van der Waals surface area contributed by atoms with Crippen LogP contribution in [-0.4, -0.2) is 21.2 Å². The van der Waals surface area contributed by atoms with Crippen LogP contribution in [0.2, 0.25) is 0 Å². The van der Waals surface area contributed by atoms with Gasteiger partial charge in [-0.05, 0) is 54.7 Å². The molecular formula is C21H21Br2FO2. The van der Waals surface area contributed by atoms with Crippen LogP contribution in [0.25, 0.3) is 0 Å². The molecule has 5 heteroatoms. The van der Waals surface area contributed by atoms with Crippen molar-refractivity contribution in [2.24, 2.45) is 28.6 Å². The van der Waals surface area contributed by atoms with Crippen LogP contribution >= 0.6 is 31.9 Å². The van der Waals surface area contributed by atoms with Crippen molar-refractivity contribution in [3.63, 3.8) is 0 Å². The van der Waals surface area contributed by atoms with Crippen molar-refractivity contribution in [2.45, 2.75) is 48.7 Å². The highest BCUT2D eigenvalue weighted by molar-refractivity contribution is 9.12. The van der Waals surface area contributed by atoms with Crippen LogP contribution in [0.4, 0.5) is 4.39 Å². The summed E-state index contributed by atoms with van der Waals surface area (Å²) in [6.45, 7) is 2.13. The molecule has 0 radical (unpaired) electrons. The number of ketones is 2. The summed E-state index contributed by atoms with van der Waals surface area (Å²) >= 11 is 7.72. The fourth-order valence-electron chi connectivity index (χ4n) is 6.19. The van der Waals surface area contributed by atoms with Crippen LogP contribution in [0.15, 0.2) is 23.8 Å². The molecule has 0 aliphatic heterocycles. The fraction of sp³-hybridized carbons (Fsp3) is 0.619. The van der Waals surface area contributed by atoms with Crippen molar-refractivity contribution in [1.29, 1.82) is 0 Å². The SMILES string of the molecule is C[C@]12CC[C@H]3[C@@H]([C@H](Br)[C@@H](Br)C4=CC(=O)C=C[C@@]43CC#CF)[C@@H]1CCC2=O. The topological polar surface area (TPSA) is 34.1 Å². The molecule has 0 spiro atoms. The Bertz CT molecular complexity index is 792. The smallest absolute Gasteiger partial charge is 0.178 e. The zero-order chi connectivity index (χ0) is 18.7. The number of hydrogen-bond acceptors (Lipinski definition) is 2. The number of alkyl halides is 2. The summed E-state index contributed by atoms with van der Waals surface area (Å²) in [7, 11) is 0. The van der Waals surface area contributed by atoms with E-state index < -0.39 is 5.41 Å². The first-order valence-electron chi connectivity index (χ1n) is 9.20. The molecule has 138 valence electrons. The zero-order valence-corrected chi connectivity index (χ0v) is 17.8. The summed E-state index contributed by atoms with van der Waals surface area (Å²) in [5.74, 6) is 3.87. The number of rotatable bonds is 1. The fourth-order valence-corrected chi connectivity index (χ4v) is 8.12. The Kier molecular flexibility index (Phi) is 4.59. The normalized spacial score (nSPS) is 46.6. The number of hydrogen-bond donors (Lipinski definition) is 0. The maximum absolute atomic E-state index is 12.8. The summed E-state index contributed by atoms with van der Waals surface area (Å²) in [4.78, 5) is 24.8. The van der Waals surface area contributed by atoms with E-state index in [1.165, 1.54) is 0 Å². The first-order chi connectivity index (χ1) is 12.3. The van der Waals surface area contributed by atoms with Gasteiger partial charge in [-0.3, -0.25) is 9.59 Å². The summed E-state index contributed by atoms with van der Waals surface area (Å²) in [6, 6.07) is 0. The lowest BCUT2D eigenvalue weighted by Crippen LogP contribution is -2.57. The molecule has 3 saturated carbocycles. The highest BCUT2D eigenvalue weighted by Gasteiger charge is 2.63. The number of fused-ring (bicyclic) bond motifs is 5. The van der Waals surface area contributed by atoms with Gasteiger partial charge >= 0.3 is 0 Å². The average Bonchev–Trinajstić information content (AvgIpc) is 2.93. The van der Waals surface area contributed by atoms with E-state index in [0.717, 1.165) is 24.8 Å². The van der Waals surface area contributed by atoms with Crippen LogP contribution in [-0.2, 0) is 9.59 Å². The molecule has 0 unspecified atom stereocenters. The number of allylic oxidation sites excluding steroid dienone is 4. The minimum Gasteiger partial charge on any atom is -0.299 e. The third-order valence-corrected chi connectivity index (χ3v) is 10.4. The molecule has 3 fully saturated rings. The van der Waals surface area contributed by atoms with Gasteiger partial charge in [0.2, 0.25) is 0 Å². The van der Waals surface area contributed by atoms with Crippen LogP contribution in [0.1, 0.15) is 39.0 Å². The largest absolute Gasteiger partial charge is 0.299 e. The third kappa shape index (κ3) is 2.41. The van der Waals surface area contributed by atoms with E-state index in [9.17, 15) is 14.0 Å². The predicted octanol–water partition coefficient (Wildman–Crippen LogP) is 4.91. The standard InChI is InChI=1S/C21H21Br2FO2/c1-20-8-6-14-17(13(20)3-4-16(20)26)19(23)18(22)15-11-12(25)5-9-21(14,15)7-2-10-24/h5,9,11,13-14,17-19H,3-4,6-8H2,1H3/t13-,14-,17-,18-,19-,20-,21+/m0/s1. The molecule has 7 atom stereocenters. The van der Waals surface area contributed by atoms with Gasteiger partial charge in [-0.2, -0.15) is 0 Å². The van der Waals surface area contributed by atoms with E-state index in [1.54, 1.807) is 18.3 Å². The molecule has 0 aromatic rings. The molecule has 0 N–H and O–H groups in total. The second-order valence-corrected chi connectivity index (χ2v) is 10.4. The molecule has 2 nitrogen and oxygen atoms in total. The van der Waals surface area contributed by atoms with Gasteiger partial charge in [0.25, 0.3) is 0 Å². The van der Waals surface area contributed by atoms with E-state index in [0.29, 0.717) is 30.5 Å². The molecule has 0 aromatic carbocycles. The number of carbonyl (C=O) groups is 2. The molecule has 0 aromatic heterocycles. The summed E-state index contributed by atoms with van der Waals surface area (Å²) < 4.78 is 12.8. The minimum atomic E-state index is -0.428. The van der Waals surface area contributed by atoms with Gasteiger partial charge in [-0.15, -0.1) is 4.39 Å². The lowest BCUT2D eigenvalue weighted by molar-refractivity contribution is -0.131. The quantitative estimate of drug-likeness (QED) is 0.392. The Balaban J connectivity index is 1.84. The Labute approximate surface area is 170 Å². The van der Waals surface area contributed by atoms with Crippen LogP contribution in [0, 0.1) is 40.7 Å². The Morgan fingerprint density at radius 1 is 1.27 bits per heavy atom. The highest BCUT2D eigenvalue weighted by atomic mass is 79.9. The Morgan fingerprint density at radius 2 is 2.04 bits per heavy atom. The van der Waals surface area contributed by atoms with Gasteiger partial charge in [0, 0.05) is 33.3 Å². The summed E-state index contributed by atoms with van der Waals surface area (Å²) in [6.07, 6.45) is 10.6. The van der Waals surface area contributed by atoms with E-state index >= 15 is 0 Å². The summed E-state index contributed by atoms with van der Waals surface area (Å²) in [5, 5.41) is 0. The number of carbonyl (C=O) groups excluding carboxylic acids is 2. The molecule has 4 rings (SSSR count). The van der Waals surface area contributed by atoms with E-state index in [4.69, 9.17) is 0 Å². The van der Waals surface area contributed by atoms with Crippen molar-refractivity contribution >= 4 is 43.4 Å². The lowest BCUT2D eigenvalue weighted by atomic mass is 9.47. The Morgan fingerprint density at radius 3 is 2.77 bits per heavy atom. The first-order valence-corrected chi connectivity index (χ1v) is 11.0. The molecule has 0 saturated heterocycles. The molecule has 4 aliphatic rings. The van der Waals surface area contributed by atoms with E-state index in [1.807, 2.05) is 6.08 Å². The van der Waals surface area contributed by atoms with Crippen molar-refractivity contribution in [1.82, 2.24) is 0 Å². The van der Waals surface area contributed by atoms with E-state index in [2.05, 4.69) is 44.7 Å². The third-order valence-electron chi connectivity index (χ3n) is 7.48. The number of Topliss-reactive ketones (excluding diaryl/α,β-unsaturated/α-hetero) is 1. The molecule has 0 amide bonds. The maximum atomic E-state index is 12.8. The molecule has 0 heterocycles. The molecular weight excluding hydrogens is 463 g/mol. The highest BCUT2D eigenvalue weighted by Crippen LogP contribution is 2.66. The van der Waals surface area contributed by atoms with Gasteiger partial charge in [-0.25, -0.2) is 0 Å². The van der Waals surface area contributed by atoms with Crippen LogP contribution in [0.5, 0.6) is 0 Å². The van der Waals surface area contributed by atoms with Crippen molar-refractivity contribution in [3.05, 3.63) is 23.8 Å². The maximum Gasteiger partial charge on any atom is 0.178 e. The van der Waals surface area contributed by atoms with Crippen molar-refractivity contribution in [3.8, 4) is 12.1 Å². The molecule has 26 heavy (non-hydrogen) atoms. The zero-order valence-electron chi connectivity index (χ0n) is 14.6. The second-order valence-electron chi connectivity index (χ2n) is 8.38. The van der Waals surface area contributed by atoms with Crippen molar-refractivity contribution < 1.29 is 14.0 Å². The van der Waals surface area contributed by atoms with Gasteiger partial charge in [0.1, 0.15) is 12.0 Å². The Hall–Kier alpha value is -0.730. The van der Waals surface area contributed by atoms with E-state index in [-0.39, 0.29) is 26.8 Å². The number of halogens is 3. The molecule has 4 aliphatic carbocycles. The van der Waals surface area contributed by atoms with Crippen LogP contribution in [0.3, 0.4) is 0 Å². The van der Waals surface area contributed by atoms with Gasteiger partial charge in [0.05, 0.1) is 0 Å². The molecule has 0 bridgehead atoms. The average molecular weight is 484 g/mol. The first kappa shape index (κ1) is 18.6. The van der Waals surface area contributed by atoms with Gasteiger partial charge in [0.15, 0.2) is 5.78 Å². The second kappa shape index (κ2) is 6.41. The summed E-state index contributed by atoms with van der Waals surface area (Å²) in [5.41, 5.74) is 0.328. The van der Waals surface area contributed by atoms with Crippen molar-refractivity contribution in [2.75, 3.05) is 0 Å².